The van der Waals surface area contributed by atoms with Gasteiger partial charge in [0.25, 0.3) is 5.91 Å². The molecule has 2 N–H and O–H groups in total. The number of carbonyl (C=O) groups excluding carboxylic acids is 3. The van der Waals surface area contributed by atoms with Crippen LogP contribution in [-0.4, -0.2) is 33.9 Å². The number of urea groups is 1. The highest BCUT2D eigenvalue weighted by molar-refractivity contribution is 6.30. The number of hydrogen-bond acceptors (Lipinski definition) is 3. The summed E-state index contributed by atoms with van der Waals surface area (Å²) in [6.07, 6.45) is 1.69. The van der Waals surface area contributed by atoms with Crippen LogP contribution in [0, 0.1) is 13.8 Å². The maximum atomic E-state index is 13.1. The molecule has 0 aliphatic carbocycles. The number of amides is 4. The lowest BCUT2D eigenvalue weighted by atomic mass is 10.1. The predicted molar refractivity (Wildman–Crippen MR) is 145 cm³/mol. The number of anilines is 1. The van der Waals surface area contributed by atoms with Gasteiger partial charge in [-0.15, -0.1) is 0 Å². The van der Waals surface area contributed by atoms with Crippen molar-refractivity contribution in [3.8, 4) is 0 Å². The summed E-state index contributed by atoms with van der Waals surface area (Å²) >= 11 is 6.05. The zero-order valence-electron chi connectivity index (χ0n) is 20.4. The third-order valence-electron chi connectivity index (χ3n) is 6.39. The highest BCUT2D eigenvalue weighted by atomic mass is 35.5. The van der Waals surface area contributed by atoms with Crippen molar-refractivity contribution in [1.82, 2.24) is 14.8 Å². The first-order valence-corrected chi connectivity index (χ1v) is 12.2. The highest BCUT2D eigenvalue weighted by Gasteiger charge is 2.35. The summed E-state index contributed by atoms with van der Waals surface area (Å²) in [5, 5.41) is 7.00. The topological polar surface area (TPSA) is 83.4 Å². The van der Waals surface area contributed by atoms with Gasteiger partial charge in [-0.1, -0.05) is 54.1 Å². The number of aryl methyl sites for hydroxylation is 1. The average Bonchev–Trinajstić information content (AvgIpc) is 3.28. The van der Waals surface area contributed by atoms with Crippen LogP contribution in [0.15, 0.2) is 78.5 Å². The van der Waals surface area contributed by atoms with Crippen molar-refractivity contribution >= 4 is 52.1 Å². The van der Waals surface area contributed by atoms with Gasteiger partial charge in [-0.3, -0.25) is 9.59 Å². The molecule has 37 heavy (non-hydrogen) atoms. The minimum atomic E-state index is -0.627. The first-order valence-electron chi connectivity index (χ1n) is 11.8. The second kappa shape index (κ2) is 9.95. The molecule has 3 aromatic carbocycles. The van der Waals surface area contributed by atoms with Crippen molar-refractivity contribution < 1.29 is 14.4 Å². The van der Waals surface area contributed by atoms with E-state index in [4.69, 9.17) is 11.6 Å². The number of benzene rings is 3. The summed E-state index contributed by atoms with van der Waals surface area (Å²) < 4.78 is 2.17. The zero-order valence-corrected chi connectivity index (χ0v) is 21.2. The summed E-state index contributed by atoms with van der Waals surface area (Å²) in [6.45, 7) is 4.14. The lowest BCUT2D eigenvalue weighted by Gasteiger charge is -2.12. The molecular formula is C29H25ClN4O3. The number of rotatable bonds is 6. The van der Waals surface area contributed by atoms with E-state index in [-0.39, 0.29) is 12.2 Å². The number of halogens is 1. The molecule has 0 unspecified atom stereocenters. The van der Waals surface area contributed by atoms with Crippen LogP contribution in [-0.2, 0) is 16.1 Å². The fraction of sp³-hybridized carbons (Fsp3) is 0.138. The first kappa shape index (κ1) is 24.3. The van der Waals surface area contributed by atoms with Gasteiger partial charge in [0, 0.05) is 39.4 Å². The Kier molecular flexibility index (Phi) is 6.54. The Balaban J connectivity index is 1.41. The summed E-state index contributed by atoms with van der Waals surface area (Å²) in [5.74, 6) is -0.996. The molecule has 1 aliphatic heterocycles. The highest BCUT2D eigenvalue weighted by Crippen LogP contribution is 2.29. The van der Waals surface area contributed by atoms with E-state index in [1.807, 2.05) is 80.6 Å². The number of para-hydroxylation sites is 1. The van der Waals surface area contributed by atoms with Gasteiger partial charge in [0.1, 0.15) is 12.2 Å². The van der Waals surface area contributed by atoms with Crippen LogP contribution in [0.1, 0.15) is 22.4 Å². The average molecular weight is 513 g/mol. The second-order valence-corrected chi connectivity index (χ2v) is 9.46. The molecule has 1 saturated heterocycles. The van der Waals surface area contributed by atoms with Gasteiger partial charge < -0.3 is 15.2 Å². The molecular weight excluding hydrogens is 488 g/mol. The number of hydrogen-bond donors (Lipinski definition) is 2. The lowest BCUT2D eigenvalue weighted by Crippen LogP contribution is -2.38. The maximum Gasteiger partial charge on any atom is 0.329 e. The zero-order chi connectivity index (χ0) is 26.1. The Morgan fingerprint density at radius 1 is 1.00 bits per heavy atom. The van der Waals surface area contributed by atoms with E-state index in [1.54, 1.807) is 12.1 Å². The van der Waals surface area contributed by atoms with Crippen molar-refractivity contribution in [2.45, 2.75) is 20.4 Å². The molecule has 0 radical (unpaired) electrons. The Morgan fingerprint density at radius 3 is 2.51 bits per heavy atom. The molecule has 0 spiro atoms. The second-order valence-electron chi connectivity index (χ2n) is 9.03. The number of imide groups is 1. The minimum Gasteiger partial charge on any atom is -0.340 e. The van der Waals surface area contributed by atoms with Gasteiger partial charge in [0.2, 0.25) is 5.91 Å². The Morgan fingerprint density at radius 2 is 1.76 bits per heavy atom. The Bertz CT molecular complexity index is 1570. The van der Waals surface area contributed by atoms with Crippen molar-refractivity contribution in [1.29, 1.82) is 0 Å². The summed E-state index contributed by atoms with van der Waals surface area (Å²) in [5.41, 5.74) is 5.60. The molecule has 0 bridgehead atoms. The fourth-order valence-corrected chi connectivity index (χ4v) is 4.67. The van der Waals surface area contributed by atoms with Crippen LogP contribution in [0.4, 0.5) is 10.5 Å². The molecule has 186 valence electrons. The van der Waals surface area contributed by atoms with Gasteiger partial charge in [-0.05, 0) is 61.4 Å². The van der Waals surface area contributed by atoms with Crippen LogP contribution in [0.25, 0.3) is 17.0 Å². The molecule has 0 saturated carbocycles. The van der Waals surface area contributed by atoms with Gasteiger partial charge in [-0.2, -0.15) is 0 Å². The molecule has 5 rings (SSSR count). The largest absolute Gasteiger partial charge is 0.340 e. The number of carbonyl (C=O) groups is 3. The normalized spacial score (nSPS) is 14.5. The maximum absolute atomic E-state index is 13.1. The molecule has 7 nitrogen and oxygen atoms in total. The van der Waals surface area contributed by atoms with Gasteiger partial charge in [-0.25, -0.2) is 9.69 Å². The summed E-state index contributed by atoms with van der Waals surface area (Å²) in [4.78, 5) is 39.2. The number of fused-ring (bicyclic) bond motifs is 1. The molecule has 8 heteroatoms. The third kappa shape index (κ3) is 4.99. The number of nitrogens with one attached hydrogen (secondary N) is 2. The third-order valence-corrected chi connectivity index (χ3v) is 6.64. The van der Waals surface area contributed by atoms with E-state index < -0.39 is 17.8 Å². The molecule has 1 fully saturated rings. The Hall–Kier alpha value is -4.36. The van der Waals surface area contributed by atoms with E-state index in [2.05, 4.69) is 15.2 Å². The fourth-order valence-electron chi connectivity index (χ4n) is 4.54. The van der Waals surface area contributed by atoms with Crippen LogP contribution in [0.3, 0.4) is 0 Å². The van der Waals surface area contributed by atoms with Gasteiger partial charge in [0.15, 0.2) is 0 Å². The molecule has 1 aliphatic rings. The van der Waals surface area contributed by atoms with E-state index >= 15 is 0 Å². The van der Waals surface area contributed by atoms with Crippen molar-refractivity contribution in [2.75, 3.05) is 11.9 Å². The standard InChI is InChI=1S/C29H25ClN4O3/c1-18-6-5-7-22(14-18)31-27(35)17-34-28(36)25(32-29(34)37)15-24-19(2)33(26-9-4-3-8-23(24)26)16-20-10-12-21(30)13-11-20/h3-15H,16-17H2,1-2H3,(H,31,35)(H,32,37)/b25-15+. The van der Waals surface area contributed by atoms with E-state index in [0.717, 1.165) is 38.2 Å². The first-order chi connectivity index (χ1) is 17.8. The summed E-state index contributed by atoms with van der Waals surface area (Å²) in [7, 11) is 0. The molecule has 4 aromatic rings. The van der Waals surface area contributed by atoms with Gasteiger partial charge >= 0.3 is 6.03 Å². The SMILES string of the molecule is Cc1cccc(NC(=O)CN2C(=O)N/C(=C/c3c(C)n(Cc4ccc(Cl)cc4)c4ccccc34)C2=O)c1. The lowest BCUT2D eigenvalue weighted by molar-refractivity contribution is -0.127. The molecule has 2 heterocycles. The smallest absolute Gasteiger partial charge is 0.329 e. The van der Waals surface area contributed by atoms with E-state index in [1.165, 1.54) is 0 Å². The molecule has 1 aromatic heterocycles. The minimum absolute atomic E-state index is 0.130. The van der Waals surface area contributed by atoms with Gasteiger partial charge in [0.05, 0.1) is 0 Å². The quantitative estimate of drug-likeness (QED) is 0.264. The van der Waals surface area contributed by atoms with E-state index in [9.17, 15) is 14.4 Å². The van der Waals surface area contributed by atoms with Crippen LogP contribution >= 0.6 is 11.6 Å². The van der Waals surface area contributed by atoms with Crippen LogP contribution in [0.2, 0.25) is 5.02 Å². The molecule has 4 amide bonds. The Labute approximate surface area is 219 Å². The number of aromatic nitrogens is 1. The van der Waals surface area contributed by atoms with E-state index in [0.29, 0.717) is 17.3 Å². The number of nitrogens with zero attached hydrogens (tertiary/aromatic N) is 2. The van der Waals surface area contributed by atoms with Crippen molar-refractivity contribution in [3.63, 3.8) is 0 Å². The van der Waals surface area contributed by atoms with Crippen LogP contribution in [0.5, 0.6) is 0 Å². The monoisotopic (exact) mass is 512 g/mol. The van der Waals surface area contributed by atoms with Crippen LogP contribution < -0.4 is 10.6 Å². The summed E-state index contributed by atoms with van der Waals surface area (Å²) in [6, 6.07) is 22.3. The van der Waals surface area contributed by atoms with Crippen molar-refractivity contribution in [3.05, 3.63) is 106 Å². The molecule has 0 atom stereocenters. The predicted octanol–water partition coefficient (Wildman–Crippen LogP) is 5.49. The van der Waals surface area contributed by atoms with Crippen molar-refractivity contribution in [2.24, 2.45) is 0 Å².